The number of para-hydroxylation sites is 3. The van der Waals surface area contributed by atoms with Crippen molar-refractivity contribution in [2.45, 2.75) is 22.5 Å². The van der Waals surface area contributed by atoms with Crippen molar-refractivity contribution in [1.29, 1.82) is 0 Å². The van der Waals surface area contributed by atoms with Gasteiger partial charge < -0.3 is 5.11 Å². The van der Waals surface area contributed by atoms with Crippen LogP contribution in [0, 0.1) is 0 Å². The molecular weight excluding hydrogens is 707 g/mol. The molecule has 10 rings (SSSR count). The molecule has 1 heterocycles. The van der Waals surface area contributed by atoms with E-state index in [9.17, 15) is 5.11 Å². The molecule has 1 aliphatic carbocycles. The van der Waals surface area contributed by atoms with Crippen LogP contribution in [0.25, 0.3) is 0 Å². The Bertz CT molecular complexity index is 2550. The van der Waals surface area contributed by atoms with E-state index in [0.717, 1.165) is 50.6 Å². The quantitative estimate of drug-likeness (QED) is 0.168. The first-order valence-electron chi connectivity index (χ1n) is 20.0. The summed E-state index contributed by atoms with van der Waals surface area (Å²) in [4.78, 5) is 0. The molecule has 0 amide bonds. The standard InChI is InChI=1S/C54H43N3O/c58-51-41-50-54(46-33-17-5-18-34-46,56(48-37-21-7-22-38-48)57(49-39-23-8-24-40-49)55(50)47-35-19-6-20-36-47)53(44-29-13-3-14-30-44,45-31-15-4-16-32-45)52(51,42-25-9-1-10-26-42)43-27-11-2-12-28-43/h1-41,51,58H. The minimum absolute atomic E-state index is 0.931. The molecule has 0 aromatic heterocycles. The van der Waals surface area contributed by atoms with E-state index in [-0.39, 0.29) is 0 Å². The molecule has 1 saturated heterocycles. The monoisotopic (exact) mass is 749 g/mol. The first-order chi connectivity index (χ1) is 28.7. The molecule has 58 heavy (non-hydrogen) atoms. The number of aliphatic hydroxyl groups excluding tert-OH is 1. The van der Waals surface area contributed by atoms with E-state index in [1.807, 2.05) is 0 Å². The fraction of sp³-hybridized carbons (Fsp3) is 0.0741. The van der Waals surface area contributed by atoms with E-state index in [1.165, 1.54) is 0 Å². The van der Waals surface area contributed by atoms with Crippen molar-refractivity contribution >= 4 is 17.1 Å². The van der Waals surface area contributed by atoms with Crippen molar-refractivity contribution in [3.05, 3.63) is 282 Å². The Morgan fingerprint density at radius 1 is 0.345 bits per heavy atom. The van der Waals surface area contributed by atoms with Crippen LogP contribution in [0.1, 0.15) is 27.8 Å². The van der Waals surface area contributed by atoms with E-state index in [4.69, 9.17) is 0 Å². The van der Waals surface area contributed by atoms with Crippen LogP contribution < -0.4 is 15.1 Å². The molecule has 8 aromatic carbocycles. The van der Waals surface area contributed by atoms with Crippen LogP contribution in [-0.4, -0.2) is 11.2 Å². The molecule has 280 valence electrons. The van der Waals surface area contributed by atoms with Gasteiger partial charge in [0.2, 0.25) is 0 Å². The molecule has 0 bridgehead atoms. The second-order valence-electron chi connectivity index (χ2n) is 15.0. The molecule has 2 unspecified atom stereocenters. The van der Waals surface area contributed by atoms with E-state index in [0.29, 0.717) is 0 Å². The van der Waals surface area contributed by atoms with Gasteiger partial charge in [0.1, 0.15) is 5.54 Å². The highest BCUT2D eigenvalue weighted by Crippen LogP contribution is 2.72. The highest BCUT2D eigenvalue weighted by molar-refractivity contribution is 5.83. The molecule has 4 nitrogen and oxygen atoms in total. The normalized spacial score (nSPS) is 19.3. The van der Waals surface area contributed by atoms with Gasteiger partial charge in [-0.25, -0.2) is 10.0 Å². The predicted molar refractivity (Wildman–Crippen MR) is 236 cm³/mol. The number of anilines is 3. The Morgan fingerprint density at radius 3 is 1.09 bits per heavy atom. The van der Waals surface area contributed by atoms with Crippen molar-refractivity contribution in [1.82, 2.24) is 0 Å². The summed E-state index contributed by atoms with van der Waals surface area (Å²) < 4.78 is 0. The molecular formula is C54H43N3O. The lowest BCUT2D eigenvalue weighted by Gasteiger charge is -2.65. The maximum absolute atomic E-state index is 13.9. The molecule has 2 atom stereocenters. The zero-order valence-electron chi connectivity index (χ0n) is 32.0. The molecule has 0 spiro atoms. The average Bonchev–Trinajstić information content (AvgIpc) is 3.62. The Kier molecular flexibility index (Phi) is 8.77. The number of aliphatic hydroxyl groups is 1. The van der Waals surface area contributed by atoms with Crippen LogP contribution in [0.4, 0.5) is 17.1 Å². The zero-order chi connectivity index (χ0) is 39.0. The van der Waals surface area contributed by atoms with Crippen LogP contribution in [0.5, 0.6) is 0 Å². The minimum Gasteiger partial charge on any atom is -0.388 e. The third-order valence-corrected chi connectivity index (χ3v) is 12.2. The number of hydrazine groups is 2. The Morgan fingerprint density at radius 2 is 0.672 bits per heavy atom. The highest BCUT2D eigenvalue weighted by Gasteiger charge is 2.78. The molecule has 0 saturated carbocycles. The molecule has 8 aromatic rings. The van der Waals surface area contributed by atoms with Crippen LogP contribution >= 0.6 is 0 Å². The SMILES string of the molecule is OC1C=C2N(c3ccccc3)N(c3ccccc3)N(c3ccccc3)C2(c2ccccc2)C(c2ccccc2)(c2ccccc2)C1(c1ccccc1)c1ccccc1. The van der Waals surface area contributed by atoms with Gasteiger partial charge >= 0.3 is 0 Å². The fourth-order valence-electron chi connectivity index (χ4n) is 10.3. The maximum Gasteiger partial charge on any atom is 0.145 e. The van der Waals surface area contributed by atoms with E-state index in [2.05, 4.69) is 264 Å². The molecule has 1 aliphatic heterocycles. The molecule has 1 fully saturated rings. The van der Waals surface area contributed by atoms with E-state index >= 15 is 0 Å². The number of rotatable bonds is 8. The predicted octanol–water partition coefficient (Wildman–Crippen LogP) is 11.5. The minimum atomic E-state index is -1.14. The summed E-state index contributed by atoms with van der Waals surface area (Å²) in [6.45, 7) is 0. The van der Waals surface area contributed by atoms with Crippen molar-refractivity contribution in [3.8, 4) is 0 Å². The van der Waals surface area contributed by atoms with Gasteiger partial charge in [-0.2, -0.15) is 5.12 Å². The van der Waals surface area contributed by atoms with Gasteiger partial charge in [-0.1, -0.05) is 206 Å². The van der Waals surface area contributed by atoms with Crippen LogP contribution in [0.3, 0.4) is 0 Å². The topological polar surface area (TPSA) is 30.0 Å². The molecule has 4 heteroatoms. The highest BCUT2D eigenvalue weighted by atomic mass is 16.3. The lowest BCUT2D eigenvalue weighted by molar-refractivity contribution is 0.0508. The second kappa shape index (κ2) is 14.4. The summed E-state index contributed by atoms with van der Waals surface area (Å²) in [6, 6.07) is 86.2. The third-order valence-electron chi connectivity index (χ3n) is 12.2. The van der Waals surface area contributed by atoms with Crippen LogP contribution in [-0.2, 0) is 16.4 Å². The smallest absolute Gasteiger partial charge is 0.145 e. The van der Waals surface area contributed by atoms with Gasteiger partial charge in [0, 0.05) is 0 Å². The Labute approximate surface area is 340 Å². The van der Waals surface area contributed by atoms with Crippen molar-refractivity contribution in [2.24, 2.45) is 0 Å². The van der Waals surface area contributed by atoms with Gasteiger partial charge in [-0.05, 0) is 70.3 Å². The number of hydrogen-bond donors (Lipinski definition) is 1. The van der Waals surface area contributed by atoms with Crippen molar-refractivity contribution in [3.63, 3.8) is 0 Å². The van der Waals surface area contributed by atoms with E-state index < -0.39 is 22.5 Å². The maximum atomic E-state index is 13.9. The number of hydrogen-bond acceptors (Lipinski definition) is 4. The van der Waals surface area contributed by atoms with Crippen molar-refractivity contribution in [2.75, 3.05) is 15.1 Å². The molecule has 0 radical (unpaired) electrons. The third kappa shape index (κ3) is 4.92. The van der Waals surface area contributed by atoms with Gasteiger partial charge in [-0.15, -0.1) is 0 Å². The number of benzene rings is 8. The zero-order valence-corrected chi connectivity index (χ0v) is 32.0. The average molecular weight is 750 g/mol. The summed E-state index contributed by atoms with van der Waals surface area (Å²) in [5, 5.41) is 21.1. The van der Waals surface area contributed by atoms with Gasteiger partial charge in [0.25, 0.3) is 0 Å². The Hall–Kier alpha value is -7.14. The summed E-state index contributed by atoms with van der Waals surface area (Å²) in [5.41, 5.74) is 5.67. The summed E-state index contributed by atoms with van der Waals surface area (Å²) in [6.07, 6.45) is 1.12. The van der Waals surface area contributed by atoms with Crippen molar-refractivity contribution < 1.29 is 5.11 Å². The molecule has 1 N–H and O–H groups in total. The summed E-state index contributed by atoms with van der Waals surface area (Å²) in [7, 11) is 0. The summed E-state index contributed by atoms with van der Waals surface area (Å²) in [5.74, 6) is 0. The van der Waals surface area contributed by atoms with Gasteiger partial charge in [0.05, 0.1) is 39.7 Å². The largest absolute Gasteiger partial charge is 0.388 e. The first kappa shape index (κ1) is 35.3. The fourth-order valence-corrected chi connectivity index (χ4v) is 10.3. The second-order valence-corrected chi connectivity index (χ2v) is 15.0. The first-order valence-corrected chi connectivity index (χ1v) is 20.0. The van der Waals surface area contributed by atoms with Gasteiger partial charge in [0.15, 0.2) is 0 Å². The van der Waals surface area contributed by atoms with Crippen LogP contribution in [0.2, 0.25) is 0 Å². The molecule has 2 aliphatic rings. The summed E-state index contributed by atoms with van der Waals surface area (Å²) >= 11 is 0. The van der Waals surface area contributed by atoms with Gasteiger partial charge in [-0.3, -0.25) is 0 Å². The number of fused-ring (bicyclic) bond motifs is 1. The lowest BCUT2D eigenvalue weighted by atomic mass is 9.39. The number of nitrogens with zero attached hydrogens (tertiary/aromatic N) is 3. The van der Waals surface area contributed by atoms with E-state index in [1.54, 1.807) is 0 Å². The lowest BCUT2D eigenvalue weighted by Crippen LogP contribution is -2.73. The van der Waals surface area contributed by atoms with Crippen LogP contribution in [0.15, 0.2) is 254 Å². The Balaban J connectivity index is 1.54.